The van der Waals surface area contributed by atoms with Crippen molar-refractivity contribution in [2.24, 2.45) is 0 Å². The van der Waals surface area contributed by atoms with Crippen LogP contribution >= 0.6 is 0 Å². The molecule has 0 aromatic heterocycles. The minimum Gasteiger partial charge on any atom is -0.386 e. The van der Waals surface area contributed by atoms with Crippen molar-refractivity contribution in [3.8, 4) is 0 Å². The molecule has 0 radical (unpaired) electrons. The number of rotatable bonds is 7. The van der Waals surface area contributed by atoms with Gasteiger partial charge >= 0.3 is 0 Å². The average Bonchev–Trinajstić information content (AvgIpc) is 2.36. The molecule has 0 spiro atoms. The molecule has 2 heteroatoms. The Morgan fingerprint density at radius 2 is 2.11 bits per heavy atom. The van der Waals surface area contributed by atoms with Gasteiger partial charge in [0.15, 0.2) is 0 Å². The van der Waals surface area contributed by atoms with E-state index in [1.165, 1.54) is 24.8 Å². The summed E-state index contributed by atoms with van der Waals surface area (Å²) in [7, 11) is 0. The van der Waals surface area contributed by atoms with Crippen molar-refractivity contribution in [2.45, 2.75) is 64.1 Å². The Balaban J connectivity index is 2.09. The Hall–Kier alpha value is -0.860. The minimum atomic E-state index is -0.500. The molecule has 19 heavy (non-hydrogen) atoms. The number of hydrogen-bond donors (Lipinski definition) is 1. The average molecular weight is 262 g/mol. The Bertz CT molecular complexity index is 379. The third kappa shape index (κ3) is 3.58. The number of aliphatic hydroxyl groups excluding tert-OH is 1. The van der Waals surface area contributed by atoms with E-state index in [0.29, 0.717) is 12.5 Å². The molecule has 2 nitrogen and oxygen atoms in total. The second kappa shape index (κ2) is 7.06. The van der Waals surface area contributed by atoms with Gasteiger partial charge in [-0.2, -0.15) is 0 Å². The van der Waals surface area contributed by atoms with Crippen molar-refractivity contribution in [3.63, 3.8) is 0 Å². The van der Waals surface area contributed by atoms with Gasteiger partial charge in [-0.25, -0.2) is 0 Å². The zero-order valence-electron chi connectivity index (χ0n) is 12.1. The molecule has 2 unspecified atom stereocenters. The Labute approximate surface area is 116 Å². The molecular formula is C17H26O2. The quantitative estimate of drug-likeness (QED) is 0.798. The number of aliphatic hydroxyl groups is 1. The second-order valence-electron chi connectivity index (χ2n) is 5.53. The van der Waals surface area contributed by atoms with E-state index in [-0.39, 0.29) is 6.10 Å². The molecule has 1 aromatic rings. The lowest BCUT2D eigenvalue weighted by Crippen LogP contribution is -2.22. The molecule has 1 aliphatic carbocycles. The first-order chi connectivity index (χ1) is 9.26. The molecule has 106 valence electrons. The van der Waals surface area contributed by atoms with Crippen molar-refractivity contribution in [1.29, 1.82) is 0 Å². The summed E-state index contributed by atoms with van der Waals surface area (Å²) in [6, 6.07) is 8.46. The first-order valence-corrected chi connectivity index (χ1v) is 7.65. The van der Waals surface area contributed by atoms with E-state index in [4.69, 9.17) is 4.74 Å². The minimum absolute atomic E-state index is 0.0772. The molecule has 0 saturated heterocycles. The molecule has 1 aliphatic rings. The van der Waals surface area contributed by atoms with Gasteiger partial charge in [-0.3, -0.25) is 0 Å². The first-order valence-electron chi connectivity index (χ1n) is 7.65. The molecule has 0 aliphatic heterocycles. The smallest absolute Gasteiger partial charge is 0.105 e. The summed E-state index contributed by atoms with van der Waals surface area (Å²) < 4.78 is 5.69. The van der Waals surface area contributed by atoms with Crippen LogP contribution in [0.15, 0.2) is 24.3 Å². The Morgan fingerprint density at radius 3 is 2.68 bits per heavy atom. The summed E-state index contributed by atoms with van der Waals surface area (Å²) in [6.45, 7) is 4.77. The predicted octanol–water partition coefficient (Wildman–Crippen LogP) is 4.19. The van der Waals surface area contributed by atoms with Gasteiger partial charge in [0.05, 0.1) is 6.10 Å². The van der Waals surface area contributed by atoms with Crippen LogP contribution in [-0.4, -0.2) is 17.8 Å². The maximum absolute atomic E-state index is 10.5. The number of ether oxygens (including phenoxy) is 1. The topological polar surface area (TPSA) is 29.5 Å². The Kier molecular flexibility index (Phi) is 5.41. The predicted molar refractivity (Wildman–Crippen MR) is 78.3 cm³/mol. The van der Waals surface area contributed by atoms with E-state index >= 15 is 0 Å². The highest BCUT2D eigenvalue weighted by molar-refractivity contribution is 5.29. The van der Waals surface area contributed by atoms with Crippen LogP contribution in [0.1, 0.15) is 69.1 Å². The van der Waals surface area contributed by atoms with Crippen molar-refractivity contribution in [3.05, 3.63) is 35.4 Å². The highest BCUT2D eigenvalue weighted by Gasteiger charge is 2.23. The van der Waals surface area contributed by atoms with Crippen LogP contribution in [-0.2, 0) is 4.74 Å². The van der Waals surface area contributed by atoms with E-state index in [9.17, 15) is 5.11 Å². The SMILES string of the molecule is CCCC(OCC)C(O)c1cccc(C2CCC2)c1. The fourth-order valence-corrected chi connectivity index (χ4v) is 2.78. The van der Waals surface area contributed by atoms with Gasteiger partial charge in [0, 0.05) is 6.61 Å². The number of benzene rings is 1. The van der Waals surface area contributed by atoms with Crippen LogP contribution in [0.2, 0.25) is 0 Å². The van der Waals surface area contributed by atoms with Crippen molar-refractivity contribution < 1.29 is 9.84 Å². The molecular weight excluding hydrogens is 236 g/mol. The molecule has 1 fully saturated rings. The molecule has 0 heterocycles. The van der Waals surface area contributed by atoms with Crippen LogP contribution in [0, 0.1) is 0 Å². The molecule has 0 amide bonds. The van der Waals surface area contributed by atoms with E-state index in [1.807, 2.05) is 13.0 Å². The van der Waals surface area contributed by atoms with Gasteiger partial charge in [0.25, 0.3) is 0 Å². The van der Waals surface area contributed by atoms with Gasteiger partial charge in [0.2, 0.25) is 0 Å². The Morgan fingerprint density at radius 1 is 1.32 bits per heavy atom. The van der Waals surface area contributed by atoms with Gasteiger partial charge in [0.1, 0.15) is 6.10 Å². The lowest BCUT2D eigenvalue weighted by Gasteiger charge is -2.28. The maximum atomic E-state index is 10.5. The van der Waals surface area contributed by atoms with E-state index < -0.39 is 6.10 Å². The standard InChI is InChI=1S/C17H26O2/c1-3-7-16(19-4-2)17(18)15-11-6-10-14(12-15)13-8-5-9-13/h6,10-13,16-18H,3-5,7-9H2,1-2H3. The van der Waals surface area contributed by atoms with E-state index in [1.54, 1.807) is 0 Å². The first kappa shape index (κ1) is 14.5. The summed E-state index contributed by atoms with van der Waals surface area (Å²) >= 11 is 0. The van der Waals surface area contributed by atoms with Crippen LogP contribution in [0.4, 0.5) is 0 Å². The molecule has 1 saturated carbocycles. The summed E-state index contributed by atoms with van der Waals surface area (Å²) in [5.74, 6) is 0.712. The summed E-state index contributed by atoms with van der Waals surface area (Å²) in [4.78, 5) is 0. The van der Waals surface area contributed by atoms with Crippen LogP contribution in [0.3, 0.4) is 0 Å². The summed E-state index contributed by atoms with van der Waals surface area (Å²) in [5, 5.41) is 10.5. The highest BCUT2D eigenvalue weighted by atomic mass is 16.5. The molecule has 1 aromatic carbocycles. The van der Waals surface area contributed by atoms with Gasteiger partial charge in [-0.05, 0) is 43.2 Å². The molecule has 1 N–H and O–H groups in total. The van der Waals surface area contributed by atoms with E-state index in [0.717, 1.165) is 18.4 Å². The van der Waals surface area contributed by atoms with Gasteiger partial charge in [-0.1, -0.05) is 44.0 Å². The van der Waals surface area contributed by atoms with Crippen LogP contribution < -0.4 is 0 Å². The van der Waals surface area contributed by atoms with E-state index in [2.05, 4.69) is 25.1 Å². The van der Waals surface area contributed by atoms with Crippen molar-refractivity contribution in [1.82, 2.24) is 0 Å². The number of hydrogen-bond acceptors (Lipinski definition) is 2. The largest absolute Gasteiger partial charge is 0.386 e. The lowest BCUT2D eigenvalue weighted by atomic mass is 9.79. The van der Waals surface area contributed by atoms with Gasteiger partial charge < -0.3 is 9.84 Å². The third-order valence-corrected chi connectivity index (χ3v) is 4.13. The summed E-state index contributed by atoms with van der Waals surface area (Å²) in [5.41, 5.74) is 2.39. The lowest BCUT2D eigenvalue weighted by molar-refractivity contribution is -0.0385. The molecule has 2 atom stereocenters. The fourth-order valence-electron chi connectivity index (χ4n) is 2.78. The zero-order valence-corrected chi connectivity index (χ0v) is 12.1. The normalized spacial score (nSPS) is 18.9. The highest BCUT2D eigenvalue weighted by Crippen LogP contribution is 2.37. The van der Waals surface area contributed by atoms with Crippen molar-refractivity contribution >= 4 is 0 Å². The maximum Gasteiger partial charge on any atom is 0.105 e. The molecule has 0 bridgehead atoms. The zero-order chi connectivity index (χ0) is 13.7. The van der Waals surface area contributed by atoms with Gasteiger partial charge in [-0.15, -0.1) is 0 Å². The molecule has 2 rings (SSSR count). The monoisotopic (exact) mass is 262 g/mol. The van der Waals surface area contributed by atoms with Crippen molar-refractivity contribution in [2.75, 3.05) is 6.61 Å². The third-order valence-electron chi connectivity index (χ3n) is 4.13. The fraction of sp³-hybridized carbons (Fsp3) is 0.647. The summed E-state index contributed by atoms with van der Waals surface area (Å²) in [6.07, 6.45) is 5.29. The van der Waals surface area contributed by atoms with Crippen LogP contribution in [0.5, 0.6) is 0 Å². The second-order valence-corrected chi connectivity index (χ2v) is 5.53. The van der Waals surface area contributed by atoms with Crippen LogP contribution in [0.25, 0.3) is 0 Å².